The standard InChI is InChI=1S/C12H24N2O/c1-4-10(2)9-14(3)11(15)12(13)7-5-6-8-12/h10H,4-9,13H2,1-3H3. The summed E-state index contributed by atoms with van der Waals surface area (Å²) in [4.78, 5) is 13.9. The summed E-state index contributed by atoms with van der Waals surface area (Å²) in [5.74, 6) is 0.698. The maximum atomic E-state index is 12.1. The molecule has 0 heterocycles. The van der Waals surface area contributed by atoms with Crippen LogP contribution in [0.15, 0.2) is 0 Å². The van der Waals surface area contributed by atoms with Gasteiger partial charge in [-0.3, -0.25) is 4.79 Å². The number of amides is 1. The Kier molecular flexibility index (Phi) is 4.14. The number of hydrogen-bond acceptors (Lipinski definition) is 2. The Hall–Kier alpha value is -0.570. The monoisotopic (exact) mass is 212 g/mol. The molecule has 1 aliphatic carbocycles. The maximum absolute atomic E-state index is 12.1. The normalized spacial score (nSPS) is 21.3. The Morgan fingerprint density at radius 1 is 1.47 bits per heavy atom. The van der Waals surface area contributed by atoms with Gasteiger partial charge in [0.25, 0.3) is 0 Å². The van der Waals surface area contributed by atoms with Crippen molar-refractivity contribution >= 4 is 5.91 Å². The van der Waals surface area contributed by atoms with Crippen LogP contribution in [-0.2, 0) is 4.79 Å². The zero-order valence-corrected chi connectivity index (χ0v) is 10.3. The molecule has 3 heteroatoms. The van der Waals surface area contributed by atoms with Gasteiger partial charge in [-0.1, -0.05) is 33.1 Å². The number of nitrogens with zero attached hydrogens (tertiary/aromatic N) is 1. The average Bonchev–Trinajstić information content (AvgIpc) is 2.65. The molecule has 1 amide bonds. The van der Waals surface area contributed by atoms with Crippen LogP contribution < -0.4 is 5.73 Å². The van der Waals surface area contributed by atoms with E-state index < -0.39 is 5.54 Å². The van der Waals surface area contributed by atoms with Gasteiger partial charge in [-0.05, 0) is 18.8 Å². The van der Waals surface area contributed by atoms with Gasteiger partial charge in [0.05, 0.1) is 5.54 Å². The molecular weight excluding hydrogens is 188 g/mol. The van der Waals surface area contributed by atoms with E-state index in [-0.39, 0.29) is 5.91 Å². The minimum absolute atomic E-state index is 0.139. The maximum Gasteiger partial charge on any atom is 0.242 e. The van der Waals surface area contributed by atoms with E-state index in [9.17, 15) is 4.79 Å². The molecule has 0 radical (unpaired) electrons. The van der Waals surface area contributed by atoms with E-state index in [2.05, 4.69) is 13.8 Å². The predicted octanol–water partition coefficient (Wildman–Crippen LogP) is 1.76. The molecule has 3 nitrogen and oxygen atoms in total. The van der Waals surface area contributed by atoms with Crippen LogP contribution in [0, 0.1) is 5.92 Å². The van der Waals surface area contributed by atoms with Crippen molar-refractivity contribution in [2.24, 2.45) is 11.7 Å². The van der Waals surface area contributed by atoms with Crippen molar-refractivity contribution in [3.8, 4) is 0 Å². The summed E-state index contributed by atoms with van der Waals surface area (Å²) >= 11 is 0. The van der Waals surface area contributed by atoms with Gasteiger partial charge >= 0.3 is 0 Å². The van der Waals surface area contributed by atoms with Crippen LogP contribution in [0.2, 0.25) is 0 Å². The van der Waals surface area contributed by atoms with E-state index in [1.807, 2.05) is 11.9 Å². The molecule has 0 aromatic heterocycles. The third-order valence-electron chi connectivity index (χ3n) is 3.55. The zero-order chi connectivity index (χ0) is 11.5. The lowest BCUT2D eigenvalue weighted by molar-refractivity contribution is -0.136. The Morgan fingerprint density at radius 2 is 2.00 bits per heavy atom. The van der Waals surface area contributed by atoms with E-state index in [4.69, 9.17) is 5.73 Å². The molecule has 1 atom stereocenters. The van der Waals surface area contributed by atoms with Crippen molar-refractivity contribution in [2.45, 2.75) is 51.5 Å². The molecule has 1 fully saturated rings. The van der Waals surface area contributed by atoms with E-state index in [1.165, 1.54) is 0 Å². The van der Waals surface area contributed by atoms with Crippen LogP contribution in [0.25, 0.3) is 0 Å². The third-order valence-corrected chi connectivity index (χ3v) is 3.55. The van der Waals surface area contributed by atoms with Gasteiger partial charge in [0.2, 0.25) is 5.91 Å². The van der Waals surface area contributed by atoms with Crippen molar-refractivity contribution < 1.29 is 4.79 Å². The fraction of sp³-hybridized carbons (Fsp3) is 0.917. The van der Waals surface area contributed by atoms with E-state index >= 15 is 0 Å². The van der Waals surface area contributed by atoms with Crippen LogP contribution >= 0.6 is 0 Å². The van der Waals surface area contributed by atoms with Crippen molar-refractivity contribution in [1.29, 1.82) is 0 Å². The molecule has 1 rings (SSSR count). The number of rotatable bonds is 4. The highest BCUT2D eigenvalue weighted by Crippen LogP contribution is 2.28. The quantitative estimate of drug-likeness (QED) is 0.772. The number of hydrogen-bond donors (Lipinski definition) is 1. The Morgan fingerprint density at radius 3 is 2.47 bits per heavy atom. The van der Waals surface area contributed by atoms with Crippen LogP contribution in [0.1, 0.15) is 46.0 Å². The molecule has 1 saturated carbocycles. The van der Waals surface area contributed by atoms with E-state index in [0.717, 1.165) is 38.6 Å². The Labute approximate surface area is 93.0 Å². The van der Waals surface area contributed by atoms with Gasteiger partial charge in [-0.15, -0.1) is 0 Å². The molecule has 0 aliphatic heterocycles. The number of nitrogens with two attached hydrogens (primary N) is 1. The highest BCUT2D eigenvalue weighted by Gasteiger charge is 2.38. The second-order valence-electron chi connectivity index (χ2n) is 5.06. The first-order chi connectivity index (χ1) is 6.99. The molecule has 1 aliphatic rings. The minimum Gasteiger partial charge on any atom is -0.344 e. The summed E-state index contributed by atoms with van der Waals surface area (Å²) in [6.07, 6.45) is 5.02. The molecule has 1 unspecified atom stereocenters. The van der Waals surface area contributed by atoms with E-state index in [1.54, 1.807) is 0 Å². The Balaban J connectivity index is 2.52. The first-order valence-corrected chi connectivity index (χ1v) is 6.04. The molecule has 88 valence electrons. The van der Waals surface area contributed by atoms with Gasteiger partial charge in [-0.2, -0.15) is 0 Å². The second-order valence-corrected chi connectivity index (χ2v) is 5.06. The average molecular weight is 212 g/mol. The topological polar surface area (TPSA) is 46.3 Å². The fourth-order valence-corrected chi connectivity index (χ4v) is 2.28. The summed E-state index contributed by atoms with van der Waals surface area (Å²) in [7, 11) is 1.88. The van der Waals surface area contributed by atoms with Gasteiger partial charge in [0, 0.05) is 13.6 Å². The molecule has 0 spiro atoms. The number of carbonyl (C=O) groups is 1. The third kappa shape index (κ3) is 2.94. The first-order valence-electron chi connectivity index (χ1n) is 6.04. The largest absolute Gasteiger partial charge is 0.344 e. The molecule has 0 bridgehead atoms. The molecule has 0 aromatic rings. The van der Waals surface area contributed by atoms with Crippen LogP contribution in [0.4, 0.5) is 0 Å². The summed E-state index contributed by atoms with van der Waals surface area (Å²) in [5.41, 5.74) is 5.58. The van der Waals surface area contributed by atoms with Gasteiger partial charge in [-0.25, -0.2) is 0 Å². The number of carbonyl (C=O) groups excluding carboxylic acids is 1. The van der Waals surface area contributed by atoms with E-state index in [0.29, 0.717) is 5.92 Å². The van der Waals surface area contributed by atoms with Crippen LogP contribution in [-0.4, -0.2) is 29.9 Å². The molecule has 2 N–H and O–H groups in total. The SMILES string of the molecule is CCC(C)CN(C)C(=O)C1(N)CCCC1. The Bertz CT molecular complexity index is 222. The van der Waals surface area contributed by atoms with Gasteiger partial charge < -0.3 is 10.6 Å². The van der Waals surface area contributed by atoms with Crippen molar-refractivity contribution in [3.05, 3.63) is 0 Å². The lowest BCUT2D eigenvalue weighted by Crippen LogP contribution is -2.53. The smallest absolute Gasteiger partial charge is 0.242 e. The van der Waals surface area contributed by atoms with Gasteiger partial charge in [0.15, 0.2) is 0 Å². The lowest BCUT2D eigenvalue weighted by atomic mass is 9.96. The van der Waals surface area contributed by atoms with Crippen LogP contribution in [0.3, 0.4) is 0 Å². The van der Waals surface area contributed by atoms with Crippen molar-refractivity contribution in [2.75, 3.05) is 13.6 Å². The highest BCUT2D eigenvalue weighted by molar-refractivity contribution is 5.86. The summed E-state index contributed by atoms with van der Waals surface area (Å²) < 4.78 is 0. The second kappa shape index (κ2) is 4.97. The molecular formula is C12H24N2O. The number of likely N-dealkylation sites (N-methyl/N-ethyl adjacent to an activating group) is 1. The lowest BCUT2D eigenvalue weighted by Gasteiger charge is -2.30. The highest BCUT2D eigenvalue weighted by atomic mass is 16.2. The zero-order valence-electron chi connectivity index (χ0n) is 10.3. The van der Waals surface area contributed by atoms with Crippen molar-refractivity contribution in [3.63, 3.8) is 0 Å². The van der Waals surface area contributed by atoms with Gasteiger partial charge in [0.1, 0.15) is 0 Å². The van der Waals surface area contributed by atoms with Crippen molar-refractivity contribution in [1.82, 2.24) is 4.90 Å². The molecule has 15 heavy (non-hydrogen) atoms. The molecule has 0 aromatic carbocycles. The predicted molar refractivity (Wildman–Crippen MR) is 62.5 cm³/mol. The summed E-state index contributed by atoms with van der Waals surface area (Å²) in [6, 6.07) is 0. The summed E-state index contributed by atoms with van der Waals surface area (Å²) in [5, 5.41) is 0. The molecule has 0 saturated heterocycles. The first kappa shape index (κ1) is 12.5. The fourth-order valence-electron chi connectivity index (χ4n) is 2.28. The van der Waals surface area contributed by atoms with Crippen LogP contribution in [0.5, 0.6) is 0 Å². The summed E-state index contributed by atoms with van der Waals surface area (Å²) in [6.45, 7) is 5.15. The minimum atomic E-state index is -0.553.